The molecular weight excluding hydrogens is 418 g/mol. The van der Waals surface area contributed by atoms with Crippen LogP contribution in [0, 0.1) is 35.0 Å². The van der Waals surface area contributed by atoms with Crippen LogP contribution in [0.3, 0.4) is 0 Å². The van der Waals surface area contributed by atoms with Crippen LogP contribution in [0.5, 0.6) is 0 Å². The second-order valence-corrected chi connectivity index (χ2v) is 11.7. The third kappa shape index (κ3) is 3.13. The summed E-state index contributed by atoms with van der Waals surface area (Å²) in [6, 6.07) is 0.0710. The number of likely N-dealkylation sites (N-methyl/N-ethyl adjacent to an activating group) is 1. The van der Waals surface area contributed by atoms with Crippen molar-refractivity contribution in [1.82, 2.24) is 4.90 Å². The highest BCUT2D eigenvalue weighted by molar-refractivity contribution is 5.36. The van der Waals surface area contributed by atoms with Crippen LogP contribution < -0.4 is 0 Å². The number of likely N-dealkylation sites (tertiary alicyclic amines) is 1. The van der Waals surface area contributed by atoms with Crippen molar-refractivity contribution in [1.29, 1.82) is 0 Å². The molecule has 1 N–H and O–H groups in total. The molecule has 0 aromatic carbocycles. The minimum absolute atomic E-state index is 0.0710. The van der Waals surface area contributed by atoms with E-state index in [1.165, 1.54) is 25.7 Å². The lowest BCUT2D eigenvalue weighted by atomic mass is 9.48. The number of piperidine rings is 1. The molecule has 3 heterocycles. The molecule has 3 saturated heterocycles. The molecule has 5 fully saturated rings. The lowest BCUT2D eigenvalue weighted by Crippen LogP contribution is -2.74. The van der Waals surface area contributed by atoms with Gasteiger partial charge in [0.15, 0.2) is 5.76 Å². The molecule has 9 atom stereocenters. The first-order chi connectivity index (χ1) is 16.0. The average Bonchev–Trinajstić information content (AvgIpc) is 3.16. The van der Waals surface area contributed by atoms with Gasteiger partial charge in [-0.15, -0.1) is 0 Å². The van der Waals surface area contributed by atoms with Gasteiger partial charge in [-0.2, -0.15) is 0 Å². The molecule has 0 amide bonds. The van der Waals surface area contributed by atoms with Crippen molar-refractivity contribution in [2.45, 2.75) is 69.8 Å². The lowest BCUT2D eigenvalue weighted by molar-refractivity contribution is -0.286. The second-order valence-electron chi connectivity index (χ2n) is 11.7. The van der Waals surface area contributed by atoms with E-state index in [-0.39, 0.29) is 12.0 Å². The number of fused-ring (bicyclic) bond motifs is 1. The van der Waals surface area contributed by atoms with E-state index in [1.54, 1.807) is 7.11 Å². The SMILES string of the molecule is COC1=C2O[C@H]3OC[C@@H](C)C4CCCCC4COCCC4(O)[C@H]5CC(C=C1)C2[C@@]34CCN5C. The van der Waals surface area contributed by atoms with Gasteiger partial charge in [-0.3, -0.25) is 0 Å². The summed E-state index contributed by atoms with van der Waals surface area (Å²) in [4.78, 5) is 2.37. The largest absolute Gasteiger partial charge is 0.493 e. The smallest absolute Gasteiger partial charge is 0.208 e. The van der Waals surface area contributed by atoms with E-state index in [0.29, 0.717) is 43.3 Å². The molecule has 2 bridgehead atoms. The van der Waals surface area contributed by atoms with Crippen molar-refractivity contribution in [2.75, 3.05) is 40.5 Å². The Balaban J connectivity index is 1.42. The summed E-state index contributed by atoms with van der Waals surface area (Å²) >= 11 is 0. The third-order valence-corrected chi connectivity index (χ3v) is 10.3. The van der Waals surface area contributed by atoms with Gasteiger partial charge < -0.3 is 29.0 Å². The topological polar surface area (TPSA) is 60.4 Å². The van der Waals surface area contributed by atoms with Crippen molar-refractivity contribution in [3.05, 3.63) is 23.7 Å². The molecule has 3 aliphatic carbocycles. The monoisotopic (exact) mass is 459 g/mol. The van der Waals surface area contributed by atoms with Crippen molar-refractivity contribution in [3.8, 4) is 0 Å². The molecule has 0 radical (unpaired) electrons. The highest BCUT2D eigenvalue weighted by Crippen LogP contribution is 2.67. The standard InChI is InChI=1S/C27H41NO5/c1-17-15-32-25-26-10-12-28(2)22(14-18-8-9-21(30-3)24(33-25)23(18)26)27(26,29)11-13-31-16-19-6-4-5-7-20(17)19/h8-9,17-20,22-23,25,29H,4-7,10-16H2,1-3H3/t17-,18?,19?,20?,22-,23?,25-,26+,27?/m1/s1. The van der Waals surface area contributed by atoms with E-state index in [2.05, 4.69) is 31.0 Å². The Morgan fingerprint density at radius 2 is 2.03 bits per heavy atom. The van der Waals surface area contributed by atoms with Gasteiger partial charge in [0.05, 0.1) is 24.7 Å². The maximum Gasteiger partial charge on any atom is 0.208 e. The van der Waals surface area contributed by atoms with Gasteiger partial charge in [0.25, 0.3) is 0 Å². The molecule has 6 rings (SSSR count). The Kier molecular flexibility index (Phi) is 5.60. The predicted octanol–water partition coefficient (Wildman–Crippen LogP) is 3.71. The van der Waals surface area contributed by atoms with Gasteiger partial charge in [-0.1, -0.05) is 25.8 Å². The molecule has 0 aromatic rings. The van der Waals surface area contributed by atoms with Gasteiger partial charge in [-0.25, -0.2) is 0 Å². The van der Waals surface area contributed by atoms with Gasteiger partial charge in [0, 0.05) is 31.6 Å². The Morgan fingerprint density at radius 3 is 2.88 bits per heavy atom. The minimum atomic E-state index is -0.925. The van der Waals surface area contributed by atoms with Crippen LogP contribution >= 0.6 is 0 Å². The lowest BCUT2D eigenvalue weighted by Gasteiger charge is -2.63. The molecule has 5 unspecified atom stereocenters. The van der Waals surface area contributed by atoms with Gasteiger partial charge >= 0.3 is 0 Å². The van der Waals surface area contributed by atoms with Crippen LogP contribution in [-0.4, -0.2) is 68.5 Å². The van der Waals surface area contributed by atoms with Crippen molar-refractivity contribution in [3.63, 3.8) is 0 Å². The normalized spacial score (nSPS) is 49.9. The van der Waals surface area contributed by atoms with Crippen LogP contribution in [0.1, 0.15) is 51.9 Å². The fourth-order valence-corrected chi connectivity index (χ4v) is 8.64. The molecule has 6 aliphatic rings. The van der Waals surface area contributed by atoms with E-state index in [1.807, 2.05) is 0 Å². The molecule has 184 valence electrons. The van der Waals surface area contributed by atoms with Crippen molar-refractivity contribution >= 4 is 0 Å². The molecular formula is C27H41NO5. The van der Waals surface area contributed by atoms with E-state index in [4.69, 9.17) is 18.9 Å². The maximum atomic E-state index is 12.6. The number of hydrogen-bond acceptors (Lipinski definition) is 6. The highest BCUT2D eigenvalue weighted by atomic mass is 16.7. The van der Waals surface area contributed by atoms with Crippen molar-refractivity contribution in [2.24, 2.45) is 35.0 Å². The minimum Gasteiger partial charge on any atom is -0.493 e. The first kappa shape index (κ1) is 22.4. The number of allylic oxidation sites excluding steroid dienone is 3. The fourth-order valence-electron chi connectivity index (χ4n) is 8.64. The van der Waals surface area contributed by atoms with Crippen LogP contribution in [0.15, 0.2) is 23.7 Å². The summed E-state index contributed by atoms with van der Waals surface area (Å²) in [6.45, 7) is 5.36. The quantitative estimate of drug-likeness (QED) is 0.645. The number of ether oxygens (including phenoxy) is 4. The number of methoxy groups -OCH3 is 1. The average molecular weight is 460 g/mol. The first-order valence-corrected chi connectivity index (χ1v) is 13.2. The zero-order valence-electron chi connectivity index (χ0n) is 20.5. The summed E-state index contributed by atoms with van der Waals surface area (Å²) in [7, 11) is 3.88. The highest BCUT2D eigenvalue weighted by Gasteiger charge is 2.74. The second kappa shape index (κ2) is 8.25. The zero-order valence-corrected chi connectivity index (χ0v) is 20.5. The van der Waals surface area contributed by atoms with E-state index >= 15 is 0 Å². The zero-order chi connectivity index (χ0) is 22.8. The summed E-state index contributed by atoms with van der Waals surface area (Å²) < 4.78 is 25.5. The number of aliphatic hydroxyl groups is 1. The van der Waals surface area contributed by atoms with E-state index in [0.717, 1.165) is 37.5 Å². The van der Waals surface area contributed by atoms with Crippen molar-refractivity contribution < 1.29 is 24.1 Å². The predicted molar refractivity (Wildman–Crippen MR) is 124 cm³/mol. The molecule has 33 heavy (non-hydrogen) atoms. The molecule has 3 aliphatic heterocycles. The Hall–Kier alpha value is -1.08. The van der Waals surface area contributed by atoms with Gasteiger partial charge in [-0.05, 0) is 69.0 Å². The van der Waals surface area contributed by atoms with E-state index in [9.17, 15) is 5.11 Å². The number of rotatable bonds is 1. The fraction of sp³-hybridized carbons (Fsp3) is 0.852. The Bertz CT molecular complexity index is 827. The van der Waals surface area contributed by atoms with Crippen LogP contribution in [0.25, 0.3) is 0 Å². The molecule has 2 saturated carbocycles. The summed E-state index contributed by atoms with van der Waals surface area (Å²) in [5, 5.41) is 12.6. The summed E-state index contributed by atoms with van der Waals surface area (Å²) in [6.07, 6.45) is 11.4. The number of hydrogen-bond donors (Lipinski definition) is 1. The number of nitrogens with zero attached hydrogens (tertiary/aromatic N) is 1. The third-order valence-electron chi connectivity index (χ3n) is 10.3. The Labute approximate surface area is 198 Å². The van der Waals surface area contributed by atoms with Gasteiger partial charge in [0.2, 0.25) is 6.29 Å². The van der Waals surface area contributed by atoms with Crippen LogP contribution in [0.2, 0.25) is 0 Å². The molecule has 6 heteroatoms. The summed E-state index contributed by atoms with van der Waals surface area (Å²) in [5.74, 6) is 3.80. The summed E-state index contributed by atoms with van der Waals surface area (Å²) in [5.41, 5.74) is -1.41. The molecule has 1 spiro atoms. The first-order valence-electron chi connectivity index (χ1n) is 13.2. The molecule has 6 nitrogen and oxygen atoms in total. The maximum absolute atomic E-state index is 12.6. The van der Waals surface area contributed by atoms with Crippen LogP contribution in [-0.2, 0) is 18.9 Å². The molecule has 0 aromatic heterocycles. The Morgan fingerprint density at radius 1 is 1.18 bits per heavy atom. The van der Waals surface area contributed by atoms with Gasteiger partial charge in [0.1, 0.15) is 5.76 Å². The van der Waals surface area contributed by atoms with E-state index < -0.39 is 17.3 Å². The van der Waals surface area contributed by atoms with Crippen LogP contribution in [0.4, 0.5) is 0 Å².